The molecule has 2 aromatic heterocycles. The predicted molar refractivity (Wildman–Crippen MR) is 86.2 cm³/mol. The van der Waals surface area contributed by atoms with Gasteiger partial charge in [-0.3, -0.25) is 4.79 Å². The average molecular weight is 302 g/mol. The van der Waals surface area contributed by atoms with Crippen LogP contribution in [0.4, 0.5) is 11.5 Å². The van der Waals surface area contributed by atoms with E-state index in [0.717, 1.165) is 31.9 Å². The fourth-order valence-electron chi connectivity index (χ4n) is 2.30. The van der Waals surface area contributed by atoms with Crippen LogP contribution >= 0.6 is 11.3 Å². The van der Waals surface area contributed by atoms with Gasteiger partial charge in [0.2, 0.25) is 0 Å². The van der Waals surface area contributed by atoms with Crippen LogP contribution in [0.1, 0.15) is 9.67 Å². The molecular weight excluding hydrogens is 284 g/mol. The number of hydrogen-bond donors (Lipinski definition) is 1. The number of nitrogens with one attached hydrogen (secondary N) is 1. The standard InChI is InChI=1S/C15H18N4OS/c1-18-6-8-19(9-7-18)12-4-5-14(16-11-12)17-15(20)13-3-2-10-21-13/h2-5,10-11H,6-9H2,1H3,(H,16,17,20). The topological polar surface area (TPSA) is 48.5 Å². The van der Waals surface area contributed by atoms with Gasteiger partial charge < -0.3 is 15.1 Å². The highest BCUT2D eigenvalue weighted by Gasteiger charge is 2.14. The number of aromatic nitrogens is 1. The summed E-state index contributed by atoms with van der Waals surface area (Å²) in [5, 5.41) is 4.70. The summed E-state index contributed by atoms with van der Waals surface area (Å²) < 4.78 is 0. The van der Waals surface area contributed by atoms with Crippen molar-refractivity contribution in [2.45, 2.75) is 0 Å². The Bertz CT molecular complexity index is 589. The molecule has 1 N–H and O–H groups in total. The van der Waals surface area contributed by atoms with E-state index in [1.54, 1.807) is 6.07 Å². The number of nitrogens with zero attached hydrogens (tertiary/aromatic N) is 3. The zero-order valence-electron chi connectivity index (χ0n) is 12.0. The molecule has 110 valence electrons. The summed E-state index contributed by atoms with van der Waals surface area (Å²) in [5.41, 5.74) is 1.11. The van der Waals surface area contributed by atoms with E-state index in [1.165, 1.54) is 11.3 Å². The van der Waals surface area contributed by atoms with E-state index in [0.29, 0.717) is 10.7 Å². The molecule has 0 spiro atoms. The Morgan fingerprint density at radius 1 is 1.24 bits per heavy atom. The number of amides is 1. The van der Waals surface area contributed by atoms with Gasteiger partial charge in [-0.25, -0.2) is 4.98 Å². The maximum Gasteiger partial charge on any atom is 0.266 e. The Kier molecular flexibility index (Phi) is 4.17. The molecule has 5 nitrogen and oxygen atoms in total. The number of likely N-dealkylation sites (N-methyl/N-ethyl adjacent to an activating group) is 1. The Labute approximate surface area is 128 Å². The fourth-order valence-corrected chi connectivity index (χ4v) is 2.92. The molecule has 0 unspecified atom stereocenters. The Morgan fingerprint density at radius 2 is 2.05 bits per heavy atom. The molecule has 1 fully saturated rings. The van der Waals surface area contributed by atoms with E-state index in [9.17, 15) is 4.79 Å². The quantitative estimate of drug-likeness (QED) is 0.944. The minimum atomic E-state index is -0.107. The van der Waals surface area contributed by atoms with Crippen LogP contribution in [0.25, 0.3) is 0 Å². The van der Waals surface area contributed by atoms with Gasteiger partial charge in [0.25, 0.3) is 5.91 Å². The van der Waals surface area contributed by atoms with Gasteiger partial charge in [-0.15, -0.1) is 11.3 Å². The van der Waals surface area contributed by atoms with Crippen molar-refractivity contribution < 1.29 is 4.79 Å². The fraction of sp³-hybridized carbons (Fsp3) is 0.333. The van der Waals surface area contributed by atoms with Crippen molar-refractivity contribution in [2.24, 2.45) is 0 Å². The summed E-state index contributed by atoms with van der Waals surface area (Å²) in [6.45, 7) is 4.16. The maximum atomic E-state index is 11.9. The smallest absolute Gasteiger partial charge is 0.266 e. The minimum absolute atomic E-state index is 0.107. The molecule has 0 radical (unpaired) electrons. The second-order valence-corrected chi connectivity index (χ2v) is 6.07. The first-order chi connectivity index (χ1) is 10.2. The third kappa shape index (κ3) is 3.40. The first-order valence-electron chi connectivity index (χ1n) is 6.97. The van der Waals surface area contributed by atoms with Crippen LogP contribution < -0.4 is 10.2 Å². The van der Waals surface area contributed by atoms with E-state index in [1.807, 2.05) is 29.8 Å². The van der Waals surface area contributed by atoms with Crippen LogP contribution in [0.2, 0.25) is 0 Å². The van der Waals surface area contributed by atoms with E-state index in [2.05, 4.69) is 27.1 Å². The molecule has 3 heterocycles. The molecule has 1 aliphatic rings. The Balaban J connectivity index is 1.63. The van der Waals surface area contributed by atoms with Gasteiger partial charge >= 0.3 is 0 Å². The van der Waals surface area contributed by atoms with Crippen molar-refractivity contribution in [2.75, 3.05) is 43.4 Å². The van der Waals surface area contributed by atoms with Gasteiger partial charge in [-0.2, -0.15) is 0 Å². The number of rotatable bonds is 3. The third-order valence-corrected chi connectivity index (χ3v) is 4.47. The van der Waals surface area contributed by atoms with Crippen LogP contribution in [-0.2, 0) is 0 Å². The summed E-state index contributed by atoms with van der Waals surface area (Å²) in [5.74, 6) is 0.483. The summed E-state index contributed by atoms with van der Waals surface area (Å²) in [6, 6.07) is 7.55. The second-order valence-electron chi connectivity index (χ2n) is 5.12. The molecule has 6 heteroatoms. The number of pyridine rings is 1. The number of carbonyl (C=O) groups is 1. The first-order valence-corrected chi connectivity index (χ1v) is 7.85. The van der Waals surface area contributed by atoms with Crippen LogP contribution in [0.15, 0.2) is 35.8 Å². The largest absolute Gasteiger partial charge is 0.368 e. The van der Waals surface area contributed by atoms with Crippen molar-refractivity contribution in [3.8, 4) is 0 Å². The maximum absolute atomic E-state index is 11.9. The molecule has 2 aromatic rings. The molecule has 1 amide bonds. The van der Waals surface area contributed by atoms with E-state index in [4.69, 9.17) is 0 Å². The van der Waals surface area contributed by atoms with Crippen molar-refractivity contribution in [3.63, 3.8) is 0 Å². The van der Waals surface area contributed by atoms with Crippen LogP contribution in [0.3, 0.4) is 0 Å². The molecular formula is C15H18N4OS. The summed E-state index contributed by atoms with van der Waals surface area (Å²) in [6.07, 6.45) is 1.83. The molecule has 0 atom stereocenters. The third-order valence-electron chi connectivity index (χ3n) is 3.60. The van der Waals surface area contributed by atoms with E-state index in [-0.39, 0.29) is 5.91 Å². The van der Waals surface area contributed by atoms with E-state index >= 15 is 0 Å². The lowest BCUT2D eigenvalue weighted by molar-refractivity contribution is 0.103. The Hall–Kier alpha value is -1.92. The minimum Gasteiger partial charge on any atom is -0.368 e. The normalized spacial score (nSPS) is 16.0. The van der Waals surface area contributed by atoms with Crippen molar-refractivity contribution in [1.82, 2.24) is 9.88 Å². The number of carbonyl (C=O) groups excluding carboxylic acids is 1. The zero-order valence-corrected chi connectivity index (χ0v) is 12.8. The average Bonchev–Trinajstić information content (AvgIpc) is 3.03. The molecule has 0 saturated carbocycles. The van der Waals surface area contributed by atoms with Crippen molar-refractivity contribution >= 4 is 28.7 Å². The van der Waals surface area contributed by atoms with Crippen molar-refractivity contribution in [3.05, 3.63) is 40.7 Å². The highest BCUT2D eigenvalue weighted by molar-refractivity contribution is 7.12. The molecule has 3 rings (SSSR count). The van der Waals surface area contributed by atoms with Crippen LogP contribution in [0, 0.1) is 0 Å². The Morgan fingerprint density at radius 3 is 2.67 bits per heavy atom. The summed E-state index contributed by atoms with van der Waals surface area (Å²) >= 11 is 1.42. The molecule has 0 bridgehead atoms. The summed E-state index contributed by atoms with van der Waals surface area (Å²) in [4.78, 5) is 21.6. The molecule has 0 aliphatic carbocycles. The van der Waals surface area contributed by atoms with Gasteiger partial charge in [-0.05, 0) is 30.6 Å². The molecule has 1 aliphatic heterocycles. The highest BCUT2D eigenvalue weighted by atomic mass is 32.1. The SMILES string of the molecule is CN1CCN(c2ccc(NC(=O)c3cccs3)nc2)CC1. The second kappa shape index (κ2) is 6.24. The lowest BCUT2D eigenvalue weighted by Gasteiger charge is -2.33. The lowest BCUT2D eigenvalue weighted by Crippen LogP contribution is -2.44. The lowest BCUT2D eigenvalue weighted by atomic mass is 10.3. The highest BCUT2D eigenvalue weighted by Crippen LogP contribution is 2.18. The van der Waals surface area contributed by atoms with Gasteiger partial charge in [0.1, 0.15) is 5.82 Å². The summed E-state index contributed by atoms with van der Waals surface area (Å²) in [7, 11) is 2.14. The zero-order chi connectivity index (χ0) is 14.7. The van der Waals surface area contributed by atoms with Gasteiger partial charge in [0.05, 0.1) is 16.8 Å². The number of anilines is 2. The number of thiophene rings is 1. The van der Waals surface area contributed by atoms with E-state index < -0.39 is 0 Å². The van der Waals surface area contributed by atoms with Crippen LogP contribution in [-0.4, -0.2) is 49.0 Å². The van der Waals surface area contributed by atoms with Gasteiger partial charge in [0, 0.05) is 26.2 Å². The first kappa shape index (κ1) is 14.0. The molecule has 0 aromatic carbocycles. The molecule has 21 heavy (non-hydrogen) atoms. The van der Waals surface area contributed by atoms with Crippen LogP contribution in [0.5, 0.6) is 0 Å². The van der Waals surface area contributed by atoms with Gasteiger partial charge in [-0.1, -0.05) is 6.07 Å². The monoisotopic (exact) mass is 302 g/mol. The number of hydrogen-bond acceptors (Lipinski definition) is 5. The molecule has 1 saturated heterocycles. The predicted octanol–water partition coefficient (Wildman–Crippen LogP) is 2.15. The van der Waals surface area contributed by atoms with Crippen molar-refractivity contribution in [1.29, 1.82) is 0 Å². The van der Waals surface area contributed by atoms with Gasteiger partial charge in [0.15, 0.2) is 0 Å². The number of piperazine rings is 1.